The van der Waals surface area contributed by atoms with Crippen LogP contribution in [0.1, 0.15) is 15.9 Å². The molecule has 1 aliphatic rings. The van der Waals surface area contributed by atoms with Gasteiger partial charge in [-0.2, -0.15) is 5.10 Å². The molecule has 1 aliphatic heterocycles. The van der Waals surface area contributed by atoms with Gasteiger partial charge in [0, 0.05) is 18.7 Å². The Hall–Kier alpha value is -2.91. The number of hydrogen-bond acceptors (Lipinski definition) is 6. The SMILES string of the molecule is O=C(NN=Cc1ccc(OCC(=O)N2CCOCC2)c(Br)c1)c1ccc(O)cc1. The Labute approximate surface area is 176 Å². The van der Waals surface area contributed by atoms with Gasteiger partial charge in [0.15, 0.2) is 6.61 Å². The highest BCUT2D eigenvalue weighted by Gasteiger charge is 2.17. The first-order valence-electron chi connectivity index (χ1n) is 8.93. The lowest BCUT2D eigenvalue weighted by molar-refractivity contribution is -0.137. The van der Waals surface area contributed by atoms with Crippen LogP contribution in [0.25, 0.3) is 0 Å². The smallest absolute Gasteiger partial charge is 0.271 e. The number of hydrazone groups is 1. The highest BCUT2D eigenvalue weighted by atomic mass is 79.9. The zero-order valence-corrected chi connectivity index (χ0v) is 17.1. The molecule has 8 nitrogen and oxygen atoms in total. The Kier molecular flexibility index (Phi) is 7.20. The number of carbonyl (C=O) groups is 2. The van der Waals surface area contributed by atoms with Crippen LogP contribution in [0, 0.1) is 0 Å². The fourth-order valence-electron chi connectivity index (χ4n) is 2.60. The zero-order chi connectivity index (χ0) is 20.6. The number of ether oxygens (including phenoxy) is 2. The molecular weight excluding hydrogens is 442 g/mol. The van der Waals surface area contributed by atoms with Gasteiger partial charge in [-0.1, -0.05) is 0 Å². The summed E-state index contributed by atoms with van der Waals surface area (Å²) < 4.78 is 11.5. The van der Waals surface area contributed by atoms with Gasteiger partial charge >= 0.3 is 0 Å². The molecule has 3 rings (SSSR count). The number of hydrogen-bond donors (Lipinski definition) is 2. The summed E-state index contributed by atoms with van der Waals surface area (Å²) in [4.78, 5) is 25.8. The largest absolute Gasteiger partial charge is 0.508 e. The van der Waals surface area contributed by atoms with Crippen LogP contribution in [-0.2, 0) is 9.53 Å². The van der Waals surface area contributed by atoms with E-state index in [1.54, 1.807) is 23.1 Å². The minimum Gasteiger partial charge on any atom is -0.508 e. The van der Waals surface area contributed by atoms with Gasteiger partial charge in [0.2, 0.25) is 0 Å². The van der Waals surface area contributed by atoms with Crippen LogP contribution in [0.4, 0.5) is 0 Å². The van der Waals surface area contributed by atoms with Crippen molar-refractivity contribution in [3.05, 3.63) is 58.1 Å². The number of nitrogens with zero attached hydrogens (tertiary/aromatic N) is 2. The number of phenols is 1. The van der Waals surface area contributed by atoms with E-state index < -0.39 is 0 Å². The lowest BCUT2D eigenvalue weighted by Crippen LogP contribution is -2.43. The van der Waals surface area contributed by atoms with E-state index in [0.29, 0.717) is 42.1 Å². The van der Waals surface area contributed by atoms with Crippen molar-refractivity contribution in [2.75, 3.05) is 32.9 Å². The van der Waals surface area contributed by atoms with E-state index in [1.165, 1.54) is 30.5 Å². The van der Waals surface area contributed by atoms with Crippen LogP contribution in [0.5, 0.6) is 11.5 Å². The maximum absolute atomic E-state index is 12.1. The molecule has 2 N–H and O–H groups in total. The molecule has 1 heterocycles. The molecule has 0 spiro atoms. The number of nitrogens with one attached hydrogen (secondary N) is 1. The van der Waals surface area contributed by atoms with Crippen molar-refractivity contribution in [3.8, 4) is 11.5 Å². The van der Waals surface area contributed by atoms with E-state index in [1.807, 2.05) is 0 Å². The van der Waals surface area contributed by atoms with Crippen molar-refractivity contribution in [1.82, 2.24) is 10.3 Å². The van der Waals surface area contributed by atoms with E-state index >= 15 is 0 Å². The Balaban J connectivity index is 1.52. The van der Waals surface area contributed by atoms with E-state index in [2.05, 4.69) is 26.5 Å². The predicted molar refractivity (Wildman–Crippen MR) is 110 cm³/mol. The van der Waals surface area contributed by atoms with Crippen LogP contribution < -0.4 is 10.2 Å². The van der Waals surface area contributed by atoms with Crippen LogP contribution >= 0.6 is 15.9 Å². The summed E-state index contributed by atoms with van der Waals surface area (Å²) in [5.74, 6) is 0.158. The summed E-state index contributed by atoms with van der Waals surface area (Å²) in [6, 6.07) is 11.1. The monoisotopic (exact) mass is 461 g/mol. The highest BCUT2D eigenvalue weighted by Crippen LogP contribution is 2.25. The van der Waals surface area contributed by atoms with Crippen molar-refractivity contribution >= 4 is 34.0 Å². The van der Waals surface area contributed by atoms with Crippen LogP contribution in [0.2, 0.25) is 0 Å². The number of carbonyl (C=O) groups excluding carboxylic acids is 2. The maximum Gasteiger partial charge on any atom is 0.271 e. The van der Waals surface area contributed by atoms with Gasteiger partial charge in [-0.05, 0) is 64.0 Å². The second-order valence-corrected chi connectivity index (χ2v) is 7.07. The molecule has 1 fully saturated rings. The molecule has 2 aromatic carbocycles. The Morgan fingerprint density at radius 2 is 1.93 bits per heavy atom. The van der Waals surface area contributed by atoms with Crippen molar-refractivity contribution in [2.45, 2.75) is 0 Å². The van der Waals surface area contributed by atoms with Gasteiger partial charge in [-0.3, -0.25) is 9.59 Å². The third-order valence-corrected chi connectivity index (χ3v) is 4.80. The number of rotatable bonds is 6. The number of amides is 2. The van der Waals surface area contributed by atoms with Gasteiger partial charge in [-0.15, -0.1) is 0 Å². The molecule has 9 heteroatoms. The first kappa shape index (κ1) is 20.8. The van der Waals surface area contributed by atoms with Crippen molar-refractivity contribution in [1.29, 1.82) is 0 Å². The normalized spacial score (nSPS) is 14.0. The minimum absolute atomic E-state index is 0.0469. The summed E-state index contributed by atoms with van der Waals surface area (Å²) in [7, 11) is 0. The molecule has 0 aliphatic carbocycles. The molecule has 0 unspecified atom stereocenters. The number of phenolic OH excluding ortho intramolecular Hbond substituents is 1. The Morgan fingerprint density at radius 1 is 1.21 bits per heavy atom. The van der Waals surface area contributed by atoms with Gasteiger partial charge in [-0.25, -0.2) is 5.43 Å². The fourth-order valence-corrected chi connectivity index (χ4v) is 3.11. The third-order valence-electron chi connectivity index (χ3n) is 4.18. The number of morpholine rings is 1. The lowest BCUT2D eigenvalue weighted by Gasteiger charge is -2.26. The topological polar surface area (TPSA) is 100 Å². The van der Waals surface area contributed by atoms with Crippen LogP contribution in [-0.4, -0.2) is 60.9 Å². The molecular formula is C20H20BrN3O5. The average Bonchev–Trinajstić information content (AvgIpc) is 2.74. The molecule has 0 bridgehead atoms. The Morgan fingerprint density at radius 3 is 2.62 bits per heavy atom. The molecule has 2 aromatic rings. The molecule has 0 aromatic heterocycles. The molecule has 0 atom stereocenters. The number of benzene rings is 2. The van der Waals surface area contributed by atoms with E-state index in [-0.39, 0.29) is 24.2 Å². The van der Waals surface area contributed by atoms with Crippen molar-refractivity contribution in [2.24, 2.45) is 5.10 Å². The second kappa shape index (κ2) is 10.0. The third kappa shape index (κ3) is 6.03. The second-order valence-electron chi connectivity index (χ2n) is 6.22. The van der Waals surface area contributed by atoms with Crippen LogP contribution in [0.15, 0.2) is 52.0 Å². The lowest BCUT2D eigenvalue weighted by atomic mass is 10.2. The number of halogens is 1. The summed E-state index contributed by atoms with van der Waals surface area (Å²) in [5, 5.41) is 13.2. The van der Waals surface area contributed by atoms with E-state index in [0.717, 1.165) is 5.56 Å². The molecule has 29 heavy (non-hydrogen) atoms. The van der Waals surface area contributed by atoms with E-state index in [4.69, 9.17) is 9.47 Å². The quantitative estimate of drug-likeness (QED) is 0.506. The van der Waals surface area contributed by atoms with Gasteiger partial charge in [0.1, 0.15) is 11.5 Å². The fraction of sp³-hybridized carbons (Fsp3) is 0.250. The van der Waals surface area contributed by atoms with Gasteiger partial charge in [0.05, 0.1) is 23.9 Å². The van der Waals surface area contributed by atoms with Gasteiger partial charge in [0.25, 0.3) is 11.8 Å². The molecule has 0 radical (unpaired) electrons. The first-order chi connectivity index (χ1) is 14.0. The first-order valence-corrected chi connectivity index (χ1v) is 9.72. The van der Waals surface area contributed by atoms with Crippen molar-refractivity contribution < 1.29 is 24.2 Å². The van der Waals surface area contributed by atoms with Crippen LogP contribution in [0.3, 0.4) is 0 Å². The predicted octanol–water partition coefficient (Wildman–Crippen LogP) is 2.16. The molecule has 1 saturated heterocycles. The highest BCUT2D eigenvalue weighted by molar-refractivity contribution is 9.10. The summed E-state index contributed by atoms with van der Waals surface area (Å²) in [6.45, 7) is 2.21. The Bertz CT molecular complexity index is 895. The van der Waals surface area contributed by atoms with Crippen molar-refractivity contribution in [3.63, 3.8) is 0 Å². The molecule has 2 amide bonds. The summed E-state index contributed by atoms with van der Waals surface area (Å²) in [6.07, 6.45) is 1.49. The molecule has 0 saturated carbocycles. The average molecular weight is 462 g/mol. The zero-order valence-electron chi connectivity index (χ0n) is 15.5. The standard InChI is InChI=1S/C20H20BrN3O5/c21-17-11-14(12-22-23-20(27)15-2-4-16(25)5-3-15)1-6-18(17)29-13-19(26)24-7-9-28-10-8-24/h1-6,11-12,25H,7-10,13H2,(H,23,27). The van der Waals surface area contributed by atoms with E-state index in [9.17, 15) is 14.7 Å². The summed E-state index contributed by atoms with van der Waals surface area (Å²) >= 11 is 3.42. The maximum atomic E-state index is 12.1. The van der Waals surface area contributed by atoms with Gasteiger partial charge < -0.3 is 19.5 Å². The summed E-state index contributed by atoms with van der Waals surface area (Å²) in [5.41, 5.74) is 3.53. The molecule has 152 valence electrons. The minimum atomic E-state index is -0.387. The number of aromatic hydroxyl groups is 1.